The molecule has 15 heavy (non-hydrogen) atoms. The number of methoxy groups -OCH3 is 1. The van der Waals surface area contributed by atoms with Gasteiger partial charge in [0.05, 0.1) is 0 Å². The Balaban J connectivity index is 1.88. The van der Waals surface area contributed by atoms with Crippen molar-refractivity contribution in [2.24, 2.45) is 5.92 Å². The highest BCUT2D eigenvalue weighted by atomic mass is 79.9. The van der Waals surface area contributed by atoms with Crippen LogP contribution in [0.1, 0.15) is 12.8 Å². The van der Waals surface area contributed by atoms with Gasteiger partial charge < -0.3 is 9.64 Å². The van der Waals surface area contributed by atoms with Crippen LogP contribution in [0.2, 0.25) is 0 Å². The van der Waals surface area contributed by atoms with Gasteiger partial charge in [-0.2, -0.15) is 0 Å². The van der Waals surface area contributed by atoms with Gasteiger partial charge in [-0.05, 0) is 34.7 Å². The first-order valence-electron chi connectivity index (χ1n) is 5.02. The molecule has 0 aromatic carbocycles. The van der Waals surface area contributed by atoms with Gasteiger partial charge in [-0.25, -0.2) is 0 Å². The zero-order valence-electron chi connectivity index (χ0n) is 8.65. The predicted molar refractivity (Wildman–Crippen MR) is 64.4 cm³/mol. The fourth-order valence-corrected chi connectivity index (χ4v) is 2.99. The Labute approximate surface area is 102 Å². The van der Waals surface area contributed by atoms with Crippen LogP contribution in [0.3, 0.4) is 0 Å². The molecule has 0 amide bonds. The number of hydrogen-bond donors (Lipinski definition) is 0. The average Bonchev–Trinajstić information content (AvgIpc) is 2.67. The largest absolute Gasteiger partial charge is 0.384 e. The van der Waals surface area contributed by atoms with E-state index in [1.807, 2.05) is 0 Å². The number of rotatable bonds is 3. The molecule has 1 aromatic rings. The number of hydrogen-bond acceptors (Lipinski definition) is 5. The first kappa shape index (κ1) is 11.3. The van der Waals surface area contributed by atoms with Crippen molar-refractivity contribution in [1.82, 2.24) is 10.2 Å². The molecule has 1 fully saturated rings. The maximum atomic E-state index is 5.17. The molecular weight excluding hydrogens is 278 g/mol. The summed E-state index contributed by atoms with van der Waals surface area (Å²) < 4.78 is 6.03. The van der Waals surface area contributed by atoms with E-state index >= 15 is 0 Å². The van der Waals surface area contributed by atoms with E-state index in [0.29, 0.717) is 5.92 Å². The first-order valence-corrected chi connectivity index (χ1v) is 6.63. The normalized spacial score (nSPS) is 18.4. The quantitative estimate of drug-likeness (QED) is 0.855. The fraction of sp³-hybridized carbons (Fsp3) is 0.778. The predicted octanol–water partition coefficient (Wildman–Crippen LogP) is 2.16. The zero-order valence-corrected chi connectivity index (χ0v) is 11.1. The Hall–Kier alpha value is -0.200. The second-order valence-corrected chi connectivity index (χ2v) is 5.96. The molecule has 0 unspecified atom stereocenters. The second-order valence-electron chi connectivity index (χ2n) is 3.72. The molecule has 2 heterocycles. The molecule has 0 saturated carbocycles. The van der Waals surface area contributed by atoms with E-state index in [1.165, 1.54) is 12.8 Å². The lowest BCUT2D eigenvalue weighted by Crippen LogP contribution is -2.34. The van der Waals surface area contributed by atoms with E-state index < -0.39 is 0 Å². The summed E-state index contributed by atoms with van der Waals surface area (Å²) in [6.07, 6.45) is 2.37. The third-order valence-electron chi connectivity index (χ3n) is 2.68. The highest BCUT2D eigenvalue weighted by molar-refractivity contribution is 9.11. The molecule has 0 N–H and O–H groups in total. The number of halogens is 1. The lowest BCUT2D eigenvalue weighted by Gasteiger charge is -2.30. The lowest BCUT2D eigenvalue weighted by atomic mass is 9.98. The molecule has 2 rings (SSSR count). The fourth-order valence-electron chi connectivity index (χ4n) is 1.85. The summed E-state index contributed by atoms with van der Waals surface area (Å²) in [6, 6.07) is 0. The van der Waals surface area contributed by atoms with Crippen molar-refractivity contribution in [1.29, 1.82) is 0 Å². The number of piperidine rings is 1. The summed E-state index contributed by atoms with van der Waals surface area (Å²) in [7, 11) is 1.77. The Morgan fingerprint density at radius 2 is 2.20 bits per heavy atom. The molecule has 0 bridgehead atoms. The van der Waals surface area contributed by atoms with Crippen LogP contribution >= 0.6 is 27.3 Å². The zero-order chi connectivity index (χ0) is 10.7. The molecule has 1 aromatic heterocycles. The van der Waals surface area contributed by atoms with Crippen molar-refractivity contribution in [2.75, 3.05) is 31.7 Å². The van der Waals surface area contributed by atoms with Crippen molar-refractivity contribution in [2.45, 2.75) is 12.8 Å². The standard InChI is InChI=1S/C9H14BrN3OS/c1-14-6-7-2-4-13(5-3-7)9-12-11-8(10)15-9/h7H,2-6H2,1H3. The van der Waals surface area contributed by atoms with Crippen LogP contribution in [-0.2, 0) is 4.74 Å². The third kappa shape index (κ3) is 2.89. The van der Waals surface area contributed by atoms with Crippen LogP contribution < -0.4 is 4.90 Å². The molecule has 1 aliphatic heterocycles. The molecule has 6 heteroatoms. The molecule has 1 aliphatic rings. The summed E-state index contributed by atoms with van der Waals surface area (Å²) in [5.41, 5.74) is 0. The summed E-state index contributed by atoms with van der Waals surface area (Å²) in [5, 5.41) is 9.12. The van der Waals surface area contributed by atoms with E-state index in [2.05, 4.69) is 31.0 Å². The summed E-state index contributed by atoms with van der Waals surface area (Å²) >= 11 is 4.93. The van der Waals surface area contributed by atoms with E-state index in [9.17, 15) is 0 Å². The van der Waals surface area contributed by atoms with Crippen molar-refractivity contribution >= 4 is 32.4 Å². The summed E-state index contributed by atoms with van der Waals surface area (Å²) in [6.45, 7) is 3.01. The number of aromatic nitrogens is 2. The van der Waals surface area contributed by atoms with Gasteiger partial charge in [-0.1, -0.05) is 11.3 Å². The maximum absolute atomic E-state index is 5.17. The minimum absolute atomic E-state index is 0.711. The third-order valence-corrected chi connectivity index (χ3v) is 4.09. The van der Waals surface area contributed by atoms with E-state index in [1.54, 1.807) is 18.4 Å². The van der Waals surface area contributed by atoms with E-state index in [4.69, 9.17) is 4.74 Å². The minimum atomic E-state index is 0.711. The molecule has 0 aliphatic carbocycles. The first-order chi connectivity index (χ1) is 7.29. The smallest absolute Gasteiger partial charge is 0.209 e. The molecule has 0 radical (unpaired) electrons. The van der Waals surface area contributed by atoms with Gasteiger partial charge in [-0.3, -0.25) is 0 Å². The van der Waals surface area contributed by atoms with Gasteiger partial charge in [0.25, 0.3) is 0 Å². The number of anilines is 1. The van der Waals surface area contributed by atoms with Crippen LogP contribution in [0.15, 0.2) is 3.92 Å². The average molecular weight is 292 g/mol. The van der Waals surface area contributed by atoms with Gasteiger partial charge in [-0.15, -0.1) is 10.2 Å². The molecule has 84 valence electrons. The second kappa shape index (κ2) is 5.23. The van der Waals surface area contributed by atoms with Crippen LogP contribution in [0, 0.1) is 5.92 Å². The van der Waals surface area contributed by atoms with Gasteiger partial charge >= 0.3 is 0 Å². The van der Waals surface area contributed by atoms with Crippen molar-refractivity contribution in [3.63, 3.8) is 0 Å². The number of ether oxygens (including phenoxy) is 1. The SMILES string of the molecule is COCC1CCN(c2nnc(Br)s2)CC1. The Kier molecular flexibility index (Phi) is 3.93. The lowest BCUT2D eigenvalue weighted by molar-refractivity contribution is 0.139. The molecule has 4 nitrogen and oxygen atoms in total. The van der Waals surface area contributed by atoms with Gasteiger partial charge in [0, 0.05) is 26.8 Å². The molecule has 0 spiro atoms. The van der Waals surface area contributed by atoms with Crippen molar-refractivity contribution in [3.05, 3.63) is 3.92 Å². The molecular formula is C9H14BrN3OS. The monoisotopic (exact) mass is 291 g/mol. The van der Waals surface area contributed by atoms with Crippen LogP contribution in [-0.4, -0.2) is 37.0 Å². The highest BCUT2D eigenvalue weighted by Gasteiger charge is 2.21. The Morgan fingerprint density at radius 1 is 1.47 bits per heavy atom. The van der Waals surface area contributed by atoms with Crippen LogP contribution in [0.25, 0.3) is 0 Å². The Morgan fingerprint density at radius 3 is 2.73 bits per heavy atom. The maximum Gasteiger partial charge on any atom is 0.209 e. The summed E-state index contributed by atoms with van der Waals surface area (Å²) in [4.78, 5) is 2.30. The van der Waals surface area contributed by atoms with Gasteiger partial charge in [0.2, 0.25) is 5.13 Å². The Bertz CT molecular complexity index is 312. The minimum Gasteiger partial charge on any atom is -0.384 e. The van der Waals surface area contributed by atoms with Crippen LogP contribution in [0.4, 0.5) is 5.13 Å². The van der Waals surface area contributed by atoms with E-state index in [-0.39, 0.29) is 0 Å². The van der Waals surface area contributed by atoms with Crippen LogP contribution in [0.5, 0.6) is 0 Å². The highest BCUT2D eigenvalue weighted by Crippen LogP contribution is 2.28. The molecule has 1 saturated heterocycles. The van der Waals surface area contributed by atoms with Crippen molar-refractivity contribution < 1.29 is 4.74 Å². The van der Waals surface area contributed by atoms with Crippen molar-refractivity contribution in [3.8, 4) is 0 Å². The summed E-state index contributed by atoms with van der Waals surface area (Å²) in [5.74, 6) is 0.711. The van der Waals surface area contributed by atoms with Gasteiger partial charge in [0.15, 0.2) is 3.92 Å². The topological polar surface area (TPSA) is 38.2 Å². The van der Waals surface area contributed by atoms with Gasteiger partial charge in [0.1, 0.15) is 0 Å². The molecule has 0 atom stereocenters. The van der Waals surface area contributed by atoms with E-state index in [0.717, 1.165) is 28.7 Å². The number of nitrogens with zero attached hydrogens (tertiary/aromatic N) is 3.